The van der Waals surface area contributed by atoms with E-state index in [4.69, 9.17) is 5.73 Å². The molecule has 1 aromatic rings. The van der Waals surface area contributed by atoms with Gasteiger partial charge in [-0.2, -0.15) is 17.5 Å². The number of sulfonamides is 1. The van der Waals surface area contributed by atoms with Crippen LogP contribution in [0.2, 0.25) is 0 Å². The highest BCUT2D eigenvalue weighted by Crippen LogP contribution is 2.35. The molecule has 1 rings (SSSR count). The zero-order valence-electron chi connectivity index (χ0n) is 12.1. The Morgan fingerprint density at radius 1 is 1.33 bits per heavy atom. The monoisotopic (exact) mass is 324 g/mol. The minimum Gasteiger partial charge on any atom is -0.330 e. The molecule has 0 saturated carbocycles. The Balaban J connectivity index is 3.34. The number of benzene rings is 1. The summed E-state index contributed by atoms with van der Waals surface area (Å²) in [6.07, 6.45) is -4.16. The van der Waals surface area contributed by atoms with Crippen LogP contribution in [0, 0.1) is 6.92 Å². The first-order valence-corrected chi connectivity index (χ1v) is 7.82. The Morgan fingerprint density at radius 2 is 1.90 bits per heavy atom. The summed E-state index contributed by atoms with van der Waals surface area (Å²) >= 11 is 0. The fourth-order valence-electron chi connectivity index (χ4n) is 2.02. The Labute approximate surface area is 122 Å². The van der Waals surface area contributed by atoms with Crippen molar-refractivity contribution in [2.45, 2.75) is 37.4 Å². The van der Waals surface area contributed by atoms with E-state index in [1.165, 1.54) is 13.1 Å². The highest BCUT2D eigenvalue weighted by Gasteiger charge is 2.35. The summed E-state index contributed by atoms with van der Waals surface area (Å²) in [5.41, 5.74) is 4.15. The molecule has 0 saturated heterocycles. The molecule has 0 aliphatic heterocycles. The number of hydrogen-bond acceptors (Lipinski definition) is 3. The van der Waals surface area contributed by atoms with Crippen molar-refractivity contribution in [3.8, 4) is 0 Å². The van der Waals surface area contributed by atoms with Gasteiger partial charge < -0.3 is 5.73 Å². The maximum absolute atomic E-state index is 12.9. The topological polar surface area (TPSA) is 63.4 Å². The molecule has 0 heterocycles. The van der Waals surface area contributed by atoms with Crippen molar-refractivity contribution < 1.29 is 21.6 Å². The van der Waals surface area contributed by atoms with E-state index in [0.29, 0.717) is 13.0 Å². The van der Waals surface area contributed by atoms with E-state index in [1.807, 2.05) is 0 Å². The van der Waals surface area contributed by atoms with Crippen molar-refractivity contribution in [2.75, 3.05) is 13.6 Å². The van der Waals surface area contributed by atoms with Crippen LogP contribution in [0.5, 0.6) is 0 Å². The van der Waals surface area contributed by atoms with Gasteiger partial charge in [-0.1, -0.05) is 6.07 Å². The summed E-state index contributed by atoms with van der Waals surface area (Å²) in [7, 11) is -2.65. The summed E-state index contributed by atoms with van der Waals surface area (Å²) in [6, 6.07) is 2.77. The van der Waals surface area contributed by atoms with Gasteiger partial charge in [0, 0.05) is 13.1 Å². The molecule has 0 radical (unpaired) electrons. The van der Waals surface area contributed by atoms with Gasteiger partial charge in [0.2, 0.25) is 10.0 Å². The van der Waals surface area contributed by atoms with Gasteiger partial charge in [-0.05, 0) is 44.5 Å². The van der Waals surface area contributed by atoms with Gasteiger partial charge in [0.15, 0.2) is 0 Å². The molecule has 0 aromatic heterocycles. The van der Waals surface area contributed by atoms with Crippen LogP contribution in [0.1, 0.15) is 24.5 Å². The second-order valence-electron chi connectivity index (χ2n) is 4.87. The molecule has 0 bridgehead atoms. The van der Waals surface area contributed by atoms with Gasteiger partial charge in [0.25, 0.3) is 0 Å². The third kappa shape index (κ3) is 3.75. The van der Waals surface area contributed by atoms with Crippen LogP contribution < -0.4 is 5.73 Å². The molecule has 0 amide bonds. The molecule has 0 spiro atoms. The van der Waals surface area contributed by atoms with Crippen molar-refractivity contribution in [3.63, 3.8) is 0 Å². The smallest absolute Gasteiger partial charge is 0.330 e. The van der Waals surface area contributed by atoms with Crippen LogP contribution in [0.4, 0.5) is 13.2 Å². The summed E-state index contributed by atoms with van der Waals surface area (Å²) < 4.78 is 64.6. The highest BCUT2D eigenvalue weighted by atomic mass is 32.2. The predicted molar refractivity (Wildman–Crippen MR) is 74.3 cm³/mol. The van der Waals surface area contributed by atoms with Crippen LogP contribution in [-0.2, 0) is 16.2 Å². The van der Waals surface area contributed by atoms with E-state index in [9.17, 15) is 21.6 Å². The van der Waals surface area contributed by atoms with Crippen LogP contribution in [0.3, 0.4) is 0 Å². The van der Waals surface area contributed by atoms with Crippen LogP contribution in [-0.4, -0.2) is 32.4 Å². The first-order chi connectivity index (χ1) is 9.53. The Kier molecular flexibility index (Phi) is 5.40. The molecule has 0 aliphatic rings. The average Bonchev–Trinajstić information content (AvgIpc) is 2.36. The lowest BCUT2D eigenvalue weighted by Crippen LogP contribution is -2.36. The lowest BCUT2D eigenvalue weighted by molar-refractivity contribution is -0.138. The zero-order valence-corrected chi connectivity index (χ0v) is 12.9. The molecular formula is C13H19F3N2O2S. The normalized spacial score (nSPS) is 14.5. The molecule has 4 nitrogen and oxygen atoms in total. The maximum atomic E-state index is 12.9. The predicted octanol–water partition coefficient (Wildman–Crippen LogP) is 2.37. The number of nitrogens with two attached hydrogens (primary N) is 1. The largest absolute Gasteiger partial charge is 0.416 e. The van der Waals surface area contributed by atoms with Crippen molar-refractivity contribution in [1.29, 1.82) is 0 Å². The van der Waals surface area contributed by atoms with Crippen molar-refractivity contribution >= 4 is 10.0 Å². The van der Waals surface area contributed by atoms with Gasteiger partial charge in [-0.25, -0.2) is 8.42 Å². The second-order valence-corrected chi connectivity index (χ2v) is 6.84. The summed E-state index contributed by atoms with van der Waals surface area (Å²) in [5.74, 6) is 0. The molecule has 8 heteroatoms. The zero-order chi connectivity index (χ0) is 16.4. The van der Waals surface area contributed by atoms with Gasteiger partial charge in [0.05, 0.1) is 10.5 Å². The molecule has 1 aromatic carbocycles. The maximum Gasteiger partial charge on any atom is 0.416 e. The number of halogens is 3. The number of nitrogens with zero attached hydrogens (tertiary/aromatic N) is 1. The molecule has 2 N–H and O–H groups in total. The highest BCUT2D eigenvalue weighted by molar-refractivity contribution is 7.89. The fraction of sp³-hybridized carbons (Fsp3) is 0.538. The average molecular weight is 324 g/mol. The van der Waals surface area contributed by atoms with Gasteiger partial charge >= 0.3 is 6.18 Å². The first kappa shape index (κ1) is 17.9. The van der Waals surface area contributed by atoms with Crippen LogP contribution >= 0.6 is 0 Å². The van der Waals surface area contributed by atoms with Crippen LogP contribution in [0.15, 0.2) is 23.1 Å². The fourth-order valence-corrected chi connectivity index (χ4v) is 3.65. The van der Waals surface area contributed by atoms with Crippen molar-refractivity contribution in [1.82, 2.24) is 4.31 Å². The summed E-state index contributed by atoms with van der Waals surface area (Å²) in [6.45, 7) is 3.12. The van der Waals surface area contributed by atoms with E-state index in [2.05, 4.69) is 0 Å². The van der Waals surface area contributed by atoms with Gasteiger partial charge in [-0.3, -0.25) is 0 Å². The molecule has 21 heavy (non-hydrogen) atoms. The quantitative estimate of drug-likeness (QED) is 0.904. The summed E-state index contributed by atoms with van der Waals surface area (Å²) in [5, 5.41) is 0. The van der Waals surface area contributed by atoms with Crippen LogP contribution in [0.25, 0.3) is 0 Å². The lowest BCUT2D eigenvalue weighted by atomic mass is 10.1. The van der Waals surface area contributed by atoms with E-state index >= 15 is 0 Å². The van der Waals surface area contributed by atoms with E-state index in [1.54, 1.807) is 6.92 Å². The Morgan fingerprint density at radius 3 is 2.38 bits per heavy atom. The standard InChI is InChI=1S/C13H19F3N2O2S/c1-9(7-8-17)18(3)21(19,20)12-6-4-5-11(10(12)2)13(14,15)16/h4-6,9H,7-8,17H2,1-3H3. The van der Waals surface area contributed by atoms with Crippen molar-refractivity contribution in [2.24, 2.45) is 5.73 Å². The minimum atomic E-state index is -4.59. The van der Waals surface area contributed by atoms with Crippen molar-refractivity contribution in [3.05, 3.63) is 29.3 Å². The molecule has 0 aliphatic carbocycles. The number of alkyl halides is 3. The number of rotatable bonds is 5. The minimum absolute atomic E-state index is 0.294. The Hall–Kier alpha value is -1.12. The number of hydrogen-bond donors (Lipinski definition) is 1. The molecule has 1 atom stereocenters. The van der Waals surface area contributed by atoms with E-state index < -0.39 is 27.8 Å². The van der Waals surface area contributed by atoms with E-state index in [0.717, 1.165) is 23.4 Å². The van der Waals surface area contributed by atoms with E-state index in [-0.39, 0.29) is 10.5 Å². The Bertz CT molecular complexity index is 600. The second kappa shape index (κ2) is 6.33. The molecule has 1 unspecified atom stereocenters. The molecule has 0 fully saturated rings. The van der Waals surface area contributed by atoms with Gasteiger partial charge in [0.1, 0.15) is 0 Å². The summed E-state index contributed by atoms with van der Waals surface area (Å²) in [4.78, 5) is -0.330. The first-order valence-electron chi connectivity index (χ1n) is 6.38. The SMILES string of the molecule is Cc1c(C(F)(F)F)cccc1S(=O)(=O)N(C)C(C)CCN. The molecule has 120 valence electrons. The molecular weight excluding hydrogens is 305 g/mol. The third-order valence-electron chi connectivity index (χ3n) is 3.45. The lowest BCUT2D eigenvalue weighted by Gasteiger charge is -2.25. The third-order valence-corrected chi connectivity index (χ3v) is 5.57. The van der Waals surface area contributed by atoms with Gasteiger partial charge in [-0.15, -0.1) is 0 Å².